The third-order valence-corrected chi connectivity index (χ3v) is 7.93. The molecule has 0 fully saturated rings. The highest BCUT2D eigenvalue weighted by Crippen LogP contribution is 2.33. The number of carbonyl (C=O) groups excluding carboxylic acids is 1. The van der Waals surface area contributed by atoms with Gasteiger partial charge in [0.1, 0.15) is 12.3 Å². The van der Waals surface area contributed by atoms with Gasteiger partial charge in [0.05, 0.1) is 16.3 Å². The molecule has 6 nitrogen and oxygen atoms in total. The van der Waals surface area contributed by atoms with E-state index < -0.39 is 22.5 Å². The number of aryl methyl sites for hydroxylation is 2. The molecule has 4 aromatic rings. The maximum atomic E-state index is 13.6. The second kappa shape index (κ2) is 11.3. The van der Waals surface area contributed by atoms with Crippen LogP contribution in [0.1, 0.15) is 11.1 Å². The predicted molar refractivity (Wildman–Crippen MR) is 148 cm³/mol. The summed E-state index contributed by atoms with van der Waals surface area (Å²) in [5.41, 5.74) is 2.56. The van der Waals surface area contributed by atoms with Crippen molar-refractivity contribution in [1.82, 2.24) is 0 Å². The normalized spacial score (nSPS) is 11.1. The van der Waals surface area contributed by atoms with Gasteiger partial charge in [0, 0.05) is 10.0 Å². The van der Waals surface area contributed by atoms with E-state index in [-0.39, 0.29) is 4.90 Å². The van der Waals surface area contributed by atoms with E-state index in [0.717, 1.165) is 15.4 Å². The van der Waals surface area contributed by atoms with Crippen molar-refractivity contribution in [3.05, 3.63) is 112 Å². The van der Waals surface area contributed by atoms with Crippen molar-refractivity contribution in [3.63, 3.8) is 0 Å². The molecule has 1 N–H and O–H groups in total. The molecular formula is C28H24Cl2N2O4S. The van der Waals surface area contributed by atoms with Gasteiger partial charge in [-0.25, -0.2) is 8.42 Å². The zero-order valence-electron chi connectivity index (χ0n) is 20.1. The van der Waals surface area contributed by atoms with Crippen LogP contribution in [0.25, 0.3) is 0 Å². The Labute approximate surface area is 226 Å². The zero-order chi connectivity index (χ0) is 26.6. The number of amides is 1. The lowest BCUT2D eigenvalue weighted by atomic mass is 10.1. The molecule has 37 heavy (non-hydrogen) atoms. The first-order valence-corrected chi connectivity index (χ1v) is 13.5. The van der Waals surface area contributed by atoms with Crippen LogP contribution in [-0.2, 0) is 14.8 Å². The molecule has 0 spiro atoms. The van der Waals surface area contributed by atoms with Gasteiger partial charge in [-0.1, -0.05) is 47.5 Å². The molecule has 4 rings (SSSR count). The molecule has 0 saturated heterocycles. The number of nitrogens with zero attached hydrogens (tertiary/aromatic N) is 1. The van der Waals surface area contributed by atoms with Gasteiger partial charge in [-0.2, -0.15) is 0 Å². The van der Waals surface area contributed by atoms with Crippen LogP contribution in [0.3, 0.4) is 0 Å². The molecule has 0 aromatic heterocycles. The minimum Gasteiger partial charge on any atom is -0.455 e. The third kappa shape index (κ3) is 6.43. The van der Waals surface area contributed by atoms with Crippen molar-refractivity contribution in [2.75, 3.05) is 16.2 Å². The van der Waals surface area contributed by atoms with Gasteiger partial charge in [0.15, 0.2) is 5.75 Å². The van der Waals surface area contributed by atoms with E-state index in [4.69, 9.17) is 27.9 Å². The van der Waals surface area contributed by atoms with E-state index in [1.54, 1.807) is 42.5 Å². The van der Waals surface area contributed by atoms with Crippen molar-refractivity contribution in [2.45, 2.75) is 18.7 Å². The Hall–Kier alpha value is -3.52. The fraction of sp³-hybridized carbons (Fsp3) is 0.107. The number of anilines is 2. The van der Waals surface area contributed by atoms with Crippen LogP contribution in [-0.4, -0.2) is 20.9 Å². The summed E-state index contributed by atoms with van der Waals surface area (Å²) in [5.74, 6) is 0.362. The summed E-state index contributed by atoms with van der Waals surface area (Å²) in [6.07, 6.45) is 0. The van der Waals surface area contributed by atoms with Crippen molar-refractivity contribution in [1.29, 1.82) is 0 Å². The Balaban J connectivity index is 1.66. The van der Waals surface area contributed by atoms with E-state index in [9.17, 15) is 13.2 Å². The molecule has 1 amide bonds. The number of hydrogen-bond acceptors (Lipinski definition) is 4. The van der Waals surface area contributed by atoms with Gasteiger partial charge in [0.2, 0.25) is 5.91 Å². The van der Waals surface area contributed by atoms with Crippen molar-refractivity contribution >= 4 is 50.5 Å². The summed E-state index contributed by atoms with van der Waals surface area (Å²) in [4.78, 5) is 13.3. The average Bonchev–Trinajstić information content (AvgIpc) is 2.87. The fourth-order valence-electron chi connectivity index (χ4n) is 3.55. The molecule has 0 aliphatic rings. The van der Waals surface area contributed by atoms with Gasteiger partial charge in [-0.05, 0) is 91.7 Å². The molecule has 0 saturated carbocycles. The van der Waals surface area contributed by atoms with Crippen LogP contribution >= 0.6 is 23.2 Å². The van der Waals surface area contributed by atoms with E-state index in [2.05, 4.69) is 5.32 Å². The standard InChI is InChI=1S/C28H24Cl2N2O4S/c1-19-8-12-23(16-20(19)2)32(37(34,35)25-13-9-21(29)10-14-25)18-28(33)31-26-17-22(30)11-15-27(26)36-24-6-4-3-5-7-24/h3-17H,18H2,1-2H3,(H,31,33). The van der Waals surface area contributed by atoms with Crippen molar-refractivity contribution in [2.24, 2.45) is 0 Å². The van der Waals surface area contributed by atoms with Crippen molar-refractivity contribution in [3.8, 4) is 11.5 Å². The van der Waals surface area contributed by atoms with Crippen molar-refractivity contribution < 1.29 is 17.9 Å². The summed E-state index contributed by atoms with van der Waals surface area (Å²) in [7, 11) is -4.10. The maximum Gasteiger partial charge on any atom is 0.264 e. The number of hydrogen-bond donors (Lipinski definition) is 1. The molecule has 4 aromatic carbocycles. The number of rotatable bonds is 8. The topological polar surface area (TPSA) is 75.7 Å². The Morgan fingerprint density at radius 3 is 2.19 bits per heavy atom. The Morgan fingerprint density at radius 1 is 0.838 bits per heavy atom. The smallest absolute Gasteiger partial charge is 0.264 e. The molecule has 0 heterocycles. The van der Waals surface area contributed by atoms with E-state index in [1.807, 2.05) is 38.1 Å². The molecule has 190 valence electrons. The van der Waals surface area contributed by atoms with Crippen LogP contribution < -0.4 is 14.4 Å². The van der Waals surface area contributed by atoms with Gasteiger partial charge < -0.3 is 10.1 Å². The van der Waals surface area contributed by atoms with Crippen LogP contribution in [0, 0.1) is 13.8 Å². The highest BCUT2D eigenvalue weighted by molar-refractivity contribution is 7.92. The van der Waals surface area contributed by atoms with E-state index in [0.29, 0.717) is 32.9 Å². The average molecular weight is 555 g/mol. The zero-order valence-corrected chi connectivity index (χ0v) is 22.4. The number of para-hydroxylation sites is 1. The lowest BCUT2D eigenvalue weighted by Gasteiger charge is -2.25. The van der Waals surface area contributed by atoms with Gasteiger partial charge in [0.25, 0.3) is 10.0 Å². The summed E-state index contributed by atoms with van der Waals surface area (Å²) < 4.78 is 34.3. The summed E-state index contributed by atoms with van der Waals surface area (Å²) in [6.45, 7) is 3.33. The molecule has 9 heteroatoms. The quantitative estimate of drug-likeness (QED) is 0.249. The first-order chi connectivity index (χ1) is 17.6. The van der Waals surface area contributed by atoms with Gasteiger partial charge in [-0.3, -0.25) is 9.10 Å². The molecule has 0 aliphatic heterocycles. The Morgan fingerprint density at radius 2 is 1.51 bits per heavy atom. The second-order valence-electron chi connectivity index (χ2n) is 8.34. The summed E-state index contributed by atoms with van der Waals surface area (Å²) >= 11 is 12.1. The summed E-state index contributed by atoms with van der Waals surface area (Å²) in [6, 6.07) is 24.9. The Kier molecular flexibility index (Phi) is 8.07. The van der Waals surface area contributed by atoms with Crippen LogP contribution in [0.15, 0.2) is 95.9 Å². The maximum absolute atomic E-state index is 13.6. The molecular weight excluding hydrogens is 531 g/mol. The first kappa shape index (κ1) is 26.5. The van der Waals surface area contributed by atoms with Crippen LogP contribution in [0.5, 0.6) is 11.5 Å². The van der Waals surface area contributed by atoms with Gasteiger partial charge >= 0.3 is 0 Å². The number of sulfonamides is 1. The first-order valence-electron chi connectivity index (χ1n) is 11.3. The van der Waals surface area contributed by atoms with E-state index >= 15 is 0 Å². The minimum absolute atomic E-state index is 0.0128. The predicted octanol–water partition coefficient (Wildman–Crippen LogP) is 7.24. The number of carbonyl (C=O) groups is 1. The highest BCUT2D eigenvalue weighted by atomic mass is 35.5. The number of nitrogens with one attached hydrogen (secondary N) is 1. The minimum atomic E-state index is -4.10. The third-order valence-electron chi connectivity index (χ3n) is 5.65. The molecule has 0 unspecified atom stereocenters. The largest absolute Gasteiger partial charge is 0.455 e. The van der Waals surface area contributed by atoms with Crippen LogP contribution in [0.4, 0.5) is 11.4 Å². The molecule has 0 radical (unpaired) electrons. The number of ether oxygens (including phenoxy) is 1. The summed E-state index contributed by atoms with van der Waals surface area (Å²) in [5, 5.41) is 3.54. The lowest BCUT2D eigenvalue weighted by Crippen LogP contribution is -2.38. The lowest BCUT2D eigenvalue weighted by molar-refractivity contribution is -0.114. The highest BCUT2D eigenvalue weighted by Gasteiger charge is 2.28. The molecule has 0 aliphatic carbocycles. The number of benzene rings is 4. The van der Waals surface area contributed by atoms with Crippen LogP contribution in [0.2, 0.25) is 10.0 Å². The van der Waals surface area contributed by atoms with E-state index in [1.165, 1.54) is 24.3 Å². The Bertz CT molecular complexity index is 1530. The SMILES string of the molecule is Cc1ccc(N(CC(=O)Nc2cc(Cl)ccc2Oc2ccccc2)S(=O)(=O)c2ccc(Cl)cc2)cc1C. The molecule has 0 bridgehead atoms. The monoisotopic (exact) mass is 554 g/mol. The fourth-order valence-corrected chi connectivity index (χ4v) is 5.27. The second-order valence-corrected chi connectivity index (χ2v) is 11.1. The number of halogens is 2. The molecule has 0 atom stereocenters. The van der Waals surface area contributed by atoms with Gasteiger partial charge in [-0.15, -0.1) is 0 Å².